The van der Waals surface area contributed by atoms with Crippen LogP contribution in [0.15, 0.2) is 35.3 Å². The quantitative estimate of drug-likeness (QED) is 0.551. The maximum absolute atomic E-state index is 13.1. The number of aromatic nitrogens is 3. The Morgan fingerprint density at radius 3 is 2.82 bits per heavy atom. The summed E-state index contributed by atoms with van der Waals surface area (Å²) in [6.07, 6.45) is 1.13. The van der Waals surface area contributed by atoms with Gasteiger partial charge in [-0.1, -0.05) is 0 Å². The first-order valence-electron chi connectivity index (χ1n) is 5.10. The topological polar surface area (TPSA) is 47.3 Å². The summed E-state index contributed by atoms with van der Waals surface area (Å²) in [6.45, 7) is 1.83. The number of aryl methyl sites for hydroxylation is 1. The highest BCUT2D eigenvalue weighted by atomic mass is 19.1. The van der Waals surface area contributed by atoms with Crippen LogP contribution in [0.25, 0.3) is 16.7 Å². The van der Waals surface area contributed by atoms with Gasteiger partial charge in [0.25, 0.3) is 5.56 Å². The molecular formula is C12H8FN3O. The molecule has 17 heavy (non-hydrogen) atoms. The van der Waals surface area contributed by atoms with Crippen LogP contribution in [0.5, 0.6) is 0 Å². The molecule has 0 aliphatic heterocycles. The first kappa shape index (κ1) is 9.89. The summed E-state index contributed by atoms with van der Waals surface area (Å²) < 4.78 is 14.3. The fraction of sp³-hybridized carbons (Fsp3) is 0.0833. The van der Waals surface area contributed by atoms with Crippen LogP contribution in [0.2, 0.25) is 0 Å². The molecule has 0 spiro atoms. The summed E-state index contributed by atoms with van der Waals surface area (Å²) in [7, 11) is 0. The highest BCUT2D eigenvalue weighted by Gasteiger charge is 2.06. The molecule has 5 heteroatoms. The summed E-state index contributed by atoms with van der Waals surface area (Å²) in [6, 6.07) is 6.12. The van der Waals surface area contributed by atoms with E-state index in [4.69, 9.17) is 0 Å². The maximum Gasteiger partial charge on any atom is 0.267 e. The van der Waals surface area contributed by atoms with Crippen LogP contribution in [0.1, 0.15) is 5.69 Å². The molecule has 0 aromatic carbocycles. The third-order valence-electron chi connectivity index (χ3n) is 2.57. The van der Waals surface area contributed by atoms with Crippen molar-refractivity contribution < 1.29 is 4.39 Å². The maximum atomic E-state index is 13.1. The largest absolute Gasteiger partial charge is 0.268 e. The van der Waals surface area contributed by atoms with Gasteiger partial charge in [-0.3, -0.25) is 9.20 Å². The Bertz CT molecular complexity index is 795. The Hall–Kier alpha value is -2.30. The Morgan fingerprint density at radius 1 is 1.18 bits per heavy atom. The van der Waals surface area contributed by atoms with Gasteiger partial charge < -0.3 is 0 Å². The average molecular weight is 229 g/mol. The van der Waals surface area contributed by atoms with E-state index in [-0.39, 0.29) is 5.56 Å². The van der Waals surface area contributed by atoms with Gasteiger partial charge in [0, 0.05) is 11.9 Å². The van der Waals surface area contributed by atoms with Crippen molar-refractivity contribution in [2.45, 2.75) is 6.92 Å². The second-order valence-electron chi connectivity index (χ2n) is 3.82. The van der Waals surface area contributed by atoms with E-state index in [1.165, 1.54) is 16.5 Å². The van der Waals surface area contributed by atoms with E-state index >= 15 is 0 Å². The Labute approximate surface area is 95.4 Å². The molecule has 0 aliphatic carbocycles. The molecule has 0 N–H and O–H groups in total. The molecule has 0 aliphatic rings. The van der Waals surface area contributed by atoms with Crippen LogP contribution >= 0.6 is 0 Å². The molecule has 0 saturated heterocycles. The number of halogens is 1. The Balaban J connectivity index is 2.57. The van der Waals surface area contributed by atoms with Crippen molar-refractivity contribution in [3.05, 3.63) is 52.3 Å². The van der Waals surface area contributed by atoms with Crippen molar-refractivity contribution in [2.75, 3.05) is 0 Å². The molecule has 0 fully saturated rings. The van der Waals surface area contributed by atoms with E-state index < -0.39 is 5.82 Å². The third-order valence-corrected chi connectivity index (χ3v) is 2.57. The fourth-order valence-corrected chi connectivity index (χ4v) is 1.75. The number of nitrogens with zero attached hydrogens (tertiary/aromatic N) is 3. The van der Waals surface area contributed by atoms with Gasteiger partial charge in [0.15, 0.2) is 5.65 Å². The van der Waals surface area contributed by atoms with Gasteiger partial charge in [0.1, 0.15) is 11.5 Å². The first-order chi connectivity index (χ1) is 8.15. The number of pyridine rings is 2. The molecule has 3 heterocycles. The summed E-state index contributed by atoms with van der Waals surface area (Å²) in [5, 5.41) is 0.388. The molecule has 3 aromatic rings. The lowest BCUT2D eigenvalue weighted by atomic mass is 10.3. The molecule has 4 nitrogen and oxygen atoms in total. The van der Waals surface area contributed by atoms with E-state index in [0.29, 0.717) is 16.7 Å². The average Bonchev–Trinajstić information content (AvgIpc) is 2.30. The van der Waals surface area contributed by atoms with Crippen molar-refractivity contribution in [3.8, 4) is 0 Å². The molecule has 0 unspecified atom stereocenters. The first-order valence-corrected chi connectivity index (χ1v) is 5.10. The Kier molecular flexibility index (Phi) is 1.95. The molecule has 84 valence electrons. The van der Waals surface area contributed by atoms with Gasteiger partial charge in [-0.15, -0.1) is 0 Å². The minimum atomic E-state index is -0.471. The summed E-state index contributed by atoms with van der Waals surface area (Å²) in [5.41, 5.74) is 1.26. The standard InChI is InChI=1S/C12H8FN3O/c1-7-2-4-9-11(14-7)15-10-5-3-8(13)6-16(10)12(9)17/h2-6H,1H3. The zero-order chi connectivity index (χ0) is 12.0. The second kappa shape index (κ2) is 3.35. The highest BCUT2D eigenvalue weighted by Crippen LogP contribution is 2.08. The van der Waals surface area contributed by atoms with Crippen LogP contribution in [0.3, 0.4) is 0 Å². The number of fused-ring (bicyclic) bond motifs is 2. The van der Waals surface area contributed by atoms with E-state index in [1.54, 1.807) is 12.1 Å². The lowest BCUT2D eigenvalue weighted by molar-refractivity contribution is 0.617. The molecule has 0 radical (unpaired) electrons. The van der Waals surface area contributed by atoms with Gasteiger partial charge in [0.05, 0.1) is 5.39 Å². The van der Waals surface area contributed by atoms with Crippen molar-refractivity contribution in [1.29, 1.82) is 0 Å². The number of hydrogen-bond acceptors (Lipinski definition) is 3. The van der Waals surface area contributed by atoms with Crippen LogP contribution in [0, 0.1) is 12.7 Å². The SMILES string of the molecule is Cc1ccc2c(=O)n3cc(F)ccc3nc2n1. The van der Waals surface area contributed by atoms with Crippen LogP contribution in [-0.2, 0) is 0 Å². The lowest BCUT2D eigenvalue weighted by Crippen LogP contribution is -2.16. The molecule has 0 atom stereocenters. The van der Waals surface area contributed by atoms with Gasteiger partial charge >= 0.3 is 0 Å². The molecule has 3 aromatic heterocycles. The molecule has 3 rings (SSSR count). The van der Waals surface area contributed by atoms with Crippen LogP contribution in [0.4, 0.5) is 4.39 Å². The molecule has 0 amide bonds. The van der Waals surface area contributed by atoms with E-state index in [9.17, 15) is 9.18 Å². The number of hydrogen-bond donors (Lipinski definition) is 0. The third kappa shape index (κ3) is 1.47. The van der Waals surface area contributed by atoms with Gasteiger partial charge in [-0.2, -0.15) is 0 Å². The summed E-state index contributed by atoms with van der Waals surface area (Å²) in [4.78, 5) is 20.5. The summed E-state index contributed by atoms with van der Waals surface area (Å²) in [5.74, 6) is -0.471. The lowest BCUT2D eigenvalue weighted by Gasteiger charge is -2.02. The Morgan fingerprint density at radius 2 is 2.00 bits per heavy atom. The van der Waals surface area contributed by atoms with E-state index in [1.807, 2.05) is 6.92 Å². The molecule has 0 saturated carbocycles. The van der Waals surface area contributed by atoms with Crippen LogP contribution in [-0.4, -0.2) is 14.4 Å². The van der Waals surface area contributed by atoms with Crippen molar-refractivity contribution in [3.63, 3.8) is 0 Å². The fourth-order valence-electron chi connectivity index (χ4n) is 1.75. The normalized spacial score (nSPS) is 11.2. The monoisotopic (exact) mass is 229 g/mol. The van der Waals surface area contributed by atoms with Gasteiger partial charge in [0.2, 0.25) is 0 Å². The zero-order valence-electron chi connectivity index (χ0n) is 9.01. The zero-order valence-corrected chi connectivity index (χ0v) is 9.01. The smallest absolute Gasteiger partial charge is 0.267 e. The minimum Gasteiger partial charge on any atom is -0.268 e. The van der Waals surface area contributed by atoms with E-state index in [2.05, 4.69) is 9.97 Å². The van der Waals surface area contributed by atoms with Crippen molar-refractivity contribution >= 4 is 16.7 Å². The van der Waals surface area contributed by atoms with Crippen LogP contribution < -0.4 is 5.56 Å². The van der Waals surface area contributed by atoms with Gasteiger partial charge in [-0.05, 0) is 31.2 Å². The van der Waals surface area contributed by atoms with Gasteiger partial charge in [-0.25, -0.2) is 14.4 Å². The molecular weight excluding hydrogens is 221 g/mol. The van der Waals surface area contributed by atoms with Crippen molar-refractivity contribution in [1.82, 2.24) is 14.4 Å². The predicted molar refractivity (Wildman–Crippen MR) is 61.5 cm³/mol. The predicted octanol–water partition coefficient (Wildman–Crippen LogP) is 1.69. The van der Waals surface area contributed by atoms with E-state index in [0.717, 1.165) is 11.9 Å². The van der Waals surface area contributed by atoms with Crippen molar-refractivity contribution in [2.24, 2.45) is 0 Å². The minimum absolute atomic E-state index is 0.308. The number of rotatable bonds is 0. The molecule has 0 bridgehead atoms. The summed E-state index contributed by atoms with van der Waals surface area (Å²) >= 11 is 0. The highest BCUT2D eigenvalue weighted by molar-refractivity contribution is 5.75. The second-order valence-corrected chi connectivity index (χ2v) is 3.82.